The van der Waals surface area contributed by atoms with E-state index in [1.54, 1.807) is 0 Å². The summed E-state index contributed by atoms with van der Waals surface area (Å²) in [5, 5.41) is 4.99. The van der Waals surface area contributed by atoms with Crippen molar-refractivity contribution in [1.29, 1.82) is 0 Å². The minimum Gasteiger partial charge on any atom is -0.310 e. The van der Waals surface area contributed by atoms with E-state index >= 15 is 0 Å². The molecule has 0 aromatic heterocycles. The Kier molecular flexibility index (Phi) is 9.13. The Bertz CT molecular complexity index is 3420. The van der Waals surface area contributed by atoms with Crippen LogP contribution < -0.4 is 4.90 Å². The van der Waals surface area contributed by atoms with E-state index in [4.69, 9.17) is 0 Å². The van der Waals surface area contributed by atoms with E-state index in [0.29, 0.717) is 0 Å². The monoisotopic (exact) mass is 813 g/mol. The molecule has 0 N–H and O–H groups in total. The van der Waals surface area contributed by atoms with Crippen molar-refractivity contribution < 1.29 is 0 Å². The van der Waals surface area contributed by atoms with Gasteiger partial charge >= 0.3 is 0 Å². The lowest BCUT2D eigenvalue weighted by Crippen LogP contribution is -2.28. The fourth-order valence-electron chi connectivity index (χ4n) is 10.4. The molecule has 0 fully saturated rings. The zero-order valence-electron chi connectivity index (χ0n) is 35.3. The molecule has 0 heterocycles. The van der Waals surface area contributed by atoms with Crippen molar-refractivity contribution in [3.63, 3.8) is 0 Å². The predicted molar refractivity (Wildman–Crippen MR) is 270 cm³/mol. The van der Waals surface area contributed by atoms with Crippen LogP contribution in [-0.2, 0) is 5.41 Å². The van der Waals surface area contributed by atoms with E-state index < -0.39 is 5.41 Å². The summed E-state index contributed by atoms with van der Waals surface area (Å²) in [7, 11) is 0. The van der Waals surface area contributed by atoms with Crippen LogP contribution in [0.2, 0.25) is 0 Å². The van der Waals surface area contributed by atoms with Gasteiger partial charge in [-0.3, -0.25) is 0 Å². The molecule has 1 nitrogen and oxygen atoms in total. The van der Waals surface area contributed by atoms with Crippen LogP contribution in [0.1, 0.15) is 22.3 Å². The van der Waals surface area contributed by atoms with Gasteiger partial charge in [0, 0.05) is 17.1 Å². The summed E-state index contributed by atoms with van der Waals surface area (Å²) < 4.78 is 0. The zero-order chi connectivity index (χ0) is 42.5. The van der Waals surface area contributed by atoms with Gasteiger partial charge in [0.05, 0.1) is 5.41 Å². The van der Waals surface area contributed by atoms with Gasteiger partial charge in [-0.05, 0) is 131 Å². The highest BCUT2D eigenvalue weighted by molar-refractivity contribution is 6.00. The standard InChI is InChI=1S/C63H43N/c1-4-16-45(17-5-1)57-28-15-20-47-30-31-49(42-60(47)57)44-32-36-52(37-33-44)64(53-38-34-48(35-39-53)56-27-14-19-46-18-10-11-25-55(46)56)54-40-41-59-58-26-12-13-29-61(58)63(62(59)43-54,50-21-6-2-7-22-50)51-23-8-3-9-24-51/h1-43H. The summed E-state index contributed by atoms with van der Waals surface area (Å²) in [6.07, 6.45) is 0. The van der Waals surface area contributed by atoms with Crippen molar-refractivity contribution in [3.05, 3.63) is 283 Å². The molecule has 300 valence electrons. The number of rotatable bonds is 8. The molecule has 1 aliphatic rings. The van der Waals surface area contributed by atoms with Crippen LogP contribution in [0, 0.1) is 0 Å². The molecule has 1 heteroatoms. The second kappa shape index (κ2) is 15.6. The first-order chi connectivity index (χ1) is 31.7. The summed E-state index contributed by atoms with van der Waals surface area (Å²) in [5.74, 6) is 0. The quantitative estimate of drug-likeness (QED) is 0.148. The largest absolute Gasteiger partial charge is 0.310 e. The van der Waals surface area contributed by atoms with Crippen LogP contribution in [0.3, 0.4) is 0 Å². The first-order valence-electron chi connectivity index (χ1n) is 22.2. The van der Waals surface area contributed by atoms with Crippen molar-refractivity contribution in [2.24, 2.45) is 0 Å². The molecule has 64 heavy (non-hydrogen) atoms. The van der Waals surface area contributed by atoms with Gasteiger partial charge in [0.25, 0.3) is 0 Å². The molecule has 11 aromatic carbocycles. The van der Waals surface area contributed by atoms with Crippen LogP contribution >= 0.6 is 0 Å². The third-order valence-electron chi connectivity index (χ3n) is 13.4. The molecule has 0 saturated heterocycles. The molecule has 0 bridgehead atoms. The molecule has 0 aliphatic heterocycles. The summed E-state index contributed by atoms with van der Waals surface area (Å²) in [5.41, 5.74) is 17.7. The number of anilines is 3. The van der Waals surface area contributed by atoms with E-state index in [2.05, 4.69) is 266 Å². The van der Waals surface area contributed by atoms with E-state index in [0.717, 1.165) is 17.1 Å². The van der Waals surface area contributed by atoms with Gasteiger partial charge in [-0.15, -0.1) is 0 Å². The fourth-order valence-corrected chi connectivity index (χ4v) is 10.4. The molecule has 12 rings (SSSR count). The normalized spacial score (nSPS) is 12.5. The summed E-state index contributed by atoms with van der Waals surface area (Å²) in [4.78, 5) is 2.43. The fraction of sp³-hybridized carbons (Fsp3) is 0.0159. The Balaban J connectivity index is 1.02. The number of hydrogen-bond acceptors (Lipinski definition) is 1. The highest BCUT2D eigenvalue weighted by Gasteiger charge is 2.46. The van der Waals surface area contributed by atoms with Crippen molar-refractivity contribution in [3.8, 4) is 44.5 Å². The first-order valence-corrected chi connectivity index (χ1v) is 22.2. The van der Waals surface area contributed by atoms with Gasteiger partial charge in [-0.2, -0.15) is 0 Å². The zero-order valence-corrected chi connectivity index (χ0v) is 35.3. The Morgan fingerprint density at radius 3 is 1.41 bits per heavy atom. The number of nitrogens with zero attached hydrogens (tertiary/aromatic N) is 1. The second-order valence-electron chi connectivity index (χ2n) is 16.8. The Labute approximate surface area is 374 Å². The minimum atomic E-state index is -0.507. The van der Waals surface area contributed by atoms with Crippen molar-refractivity contribution in [2.75, 3.05) is 4.90 Å². The second-order valence-corrected chi connectivity index (χ2v) is 16.8. The maximum atomic E-state index is 2.45. The van der Waals surface area contributed by atoms with Gasteiger partial charge in [-0.1, -0.05) is 218 Å². The first kappa shape index (κ1) is 37.5. The predicted octanol–water partition coefficient (Wildman–Crippen LogP) is 16.8. The van der Waals surface area contributed by atoms with Crippen LogP contribution in [0.5, 0.6) is 0 Å². The summed E-state index contributed by atoms with van der Waals surface area (Å²) in [6.45, 7) is 0. The molecule has 0 radical (unpaired) electrons. The van der Waals surface area contributed by atoms with Gasteiger partial charge in [0.2, 0.25) is 0 Å². The Hall–Kier alpha value is -8.26. The van der Waals surface area contributed by atoms with E-state index in [1.807, 2.05) is 0 Å². The lowest BCUT2D eigenvalue weighted by atomic mass is 9.67. The summed E-state index contributed by atoms with van der Waals surface area (Å²) in [6, 6.07) is 95.8. The lowest BCUT2D eigenvalue weighted by Gasteiger charge is -2.35. The molecule has 0 unspecified atom stereocenters. The Morgan fingerprint density at radius 2 is 0.719 bits per heavy atom. The molecule has 0 amide bonds. The lowest BCUT2D eigenvalue weighted by molar-refractivity contribution is 0.768. The number of hydrogen-bond donors (Lipinski definition) is 0. The molecule has 0 atom stereocenters. The highest BCUT2D eigenvalue weighted by atomic mass is 15.1. The average molecular weight is 814 g/mol. The smallest absolute Gasteiger partial charge is 0.0714 e. The van der Waals surface area contributed by atoms with Crippen LogP contribution in [0.4, 0.5) is 17.1 Å². The minimum absolute atomic E-state index is 0.507. The number of fused-ring (bicyclic) bond motifs is 5. The van der Waals surface area contributed by atoms with Gasteiger partial charge in [0.1, 0.15) is 0 Å². The molecule has 1 aliphatic carbocycles. The van der Waals surface area contributed by atoms with E-state index in [9.17, 15) is 0 Å². The molecule has 11 aromatic rings. The average Bonchev–Trinajstić information content (AvgIpc) is 3.67. The van der Waals surface area contributed by atoms with E-state index in [1.165, 1.54) is 88.3 Å². The van der Waals surface area contributed by atoms with E-state index in [-0.39, 0.29) is 0 Å². The van der Waals surface area contributed by atoms with Crippen LogP contribution in [-0.4, -0.2) is 0 Å². The van der Waals surface area contributed by atoms with Crippen molar-refractivity contribution >= 4 is 38.6 Å². The molecule has 0 spiro atoms. The van der Waals surface area contributed by atoms with Crippen molar-refractivity contribution in [1.82, 2.24) is 0 Å². The van der Waals surface area contributed by atoms with Gasteiger partial charge in [0.15, 0.2) is 0 Å². The molecular weight excluding hydrogens is 771 g/mol. The molecule has 0 saturated carbocycles. The maximum absolute atomic E-state index is 2.45. The summed E-state index contributed by atoms with van der Waals surface area (Å²) >= 11 is 0. The third kappa shape index (κ3) is 6.16. The number of benzene rings is 11. The van der Waals surface area contributed by atoms with Crippen LogP contribution in [0.25, 0.3) is 66.1 Å². The van der Waals surface area contributed by atoms with Crippen molar-refractivity contribution in [2.45, 2.75) is 5.41 Å². The maximum Gasteiger partial charge on any atom is 0.0714 e. The molecular formula is C63H43N. The van der Waals surface area contributed by atoms with Crippen LogP contribution in [0.15, 0.2) is 261 Å². The third-order valence-corrected chi connectivity index (χ3v) is 13.4. The van der Waals surface area contributed by atoms with Gasteiger partial charge < -0.3 is 4.90 Å². The SMILES string of the molecule is c1ccc(-c2cccc3ccc(-c4ccc(N(c5ccc(-c6cccc7ccccc67)cc5)c5ccc6c(c5)C(c5ccccc5)(c5ccccc5)c5ccccc5-6)cc4)cc23)cc1. The Morgan fingerprint density at radius 1 is 0.250 bits per heavy atom. The highest BCUT2D eigenvalue weighted by Crippen LogP contribution is 2.57. The topological polar surface area (TPSA) is 3.24 Å². The van der Waals surface area contributed by atoms with Gasteiger partial charge in [-0.25, -0.2) is 0 Å².